The van der Waals surface area contributed by atoms with Crippen LogP contribution in [0.2, 0.25) is 0 Å². The van der Waals surface area contributed by atoms with Gasteiger partial charge in [0.25, 0.3) is 5.91 Å². The summed E-state index contributed by atoms with van der Waals surface area (Å²) in [6, 6.07) is 11.4. The fraction of sp³-hybridized carbons (Fsp3) is 0.133. The van der Waals surface area contributed by atoms with Crippen LogP contribution >= 0.6 is 0 Å². The zero-order valence-electron chi connectivity index (χ0n) is 10.5. The lowest BCUT2D eigenvalue weighted by atomic mass is 10.1. The van der Waals surface area contributed by atoms with Crippen LogP contribution in [0, 0.1) is 11.6 Å². The van der Waals surface area contributed by atoms with Crippen molar-refractivity contribution >= 4 is 5.91 Å². The van der Waals surface area contributed by atoms with E-state index in [-0.39, 0.29) is 12.1 Å². The van der Waals surface area contributed by atoms with Crippen molar-refractivity contribution in [3.05, 3.63) is 71.3 Å². The van der Waals surface area contributed by atoms with E-state index >= 15 is 0 Å². The third kappa shape index (κ3) is 3.39. The van der Waals surface area contributed by atoms with Crippen molar-refractivity contribution in [3.63, 3.8) is 0 Å². The number of halogens is 2. The van der Waals surface area contributed by atoms with Gasteiger partial charge in [0.05, 0.1) is 11.7 Å². The molecule has 0 radical (unpaired) electrons. The molecule has 104 valence electrons. The lowest BCUT2D eigenvalue weighted by molar-refractivity contribution is 0.0912. The molecule has 1 atom stereocenters. The minimum Gasteiger partial charge on any atom is -0.387 e. The van der Waals surface area contributed by atoms with E-state index < -0.39 is 23.6 Å². The van der Waals surface area contributed by atoms with Gasteiger partial charge in [0, 0.05) is 6.54 Å². The largest absolute Gasteiger partial charge is 0.387 e. The molecule has 2 rings (SSSR count). The quantitative estimate of drug-likeness (QED) is 0.901. The number of aliphatic hydroxyl groups is 1. The van der Waals surface area contributed by atoms with Crippen LogP contribution in [0.1, 0.15) is 22.0 Å². The molecule has 20 heavy (non-hydrogen) atoms. The van der Waals surface area contributed by atoms with Gasteiger partial charge in [0.15, 0.2) is 0 Å². The average Bonchev–Trinajstić information content (AvgIpc) is 2.47. The fourth-order valence-corrected chi connectivity index (χ4v) is 1.75. The van der Waals surface area contributed by atoms with Gasteiger partial charge in [-0.1, -0.05) is 30.3 Å². The van der Waals surface area contributed by atoms with Gasteiger partial charge in [-0.25, -0.2) is 8.78 Å². The van der Waals surface area contributed by atoms with Gasteiger partial charge in [0.1, 0.15) is 11.6 Å². The molecular formula is C15H13F2NO2. The van der Waals surface area contributed by atoms with Crippen LogP contribution in [0.4, 0.5) is 8.78 Å². The molecule has 0 aliphatic carbocycles. The summed E-state index contributed by atoms with van der Waals surface area (Å²) in [5.41, 5.74) is 0.248. The molecule has 0 fully saturated rings. The topological polar surface area (TPSA) is 49.3 Å². The molecule has 0 saturated heterocycles. The molecule has 1 amide bonds. The molecule has 1 unspecified atom stereocenters. The van der Waals surface area contributed by atoms with Crippen LogP contribution < -0.4 is 5.32 Å². The average molecular weight is 277 g/mol. The van der Waals surface area contributed by atoms with E-state index in [2.05, 4.69) is 5.32 Å². The highest BCUT2D eigenvalue weighted by atomic mass is 19.1. The Bertz CT molecular complexity index is 602. The second-order valence-electron chi connectivity index (χ2n) is 4.26. The number of carbonyl (C=O) groups excluding carboxylic acids is 1. The third-order valence-electron chi connectivity index (χ3n) is 2.81. The summed E-state index contributed by atoms with van der Waals surface area (Å²) in [6.45, 7) is -0.0845. The number of benzene rings is 2. The first-order valence-electron chi connectivity index (χ1n) is 6.04. The summed E-state index contributed by atoms with van der Waals surface area (Å²) in [4.78, 5) is 11.7. The van der Waals surface area contributed by atoms with E-state index in [1.54, 1.807) is 30.3 Å². The summed E-state index contributed by atoms with van der Waals surface area (Å²) in [5.74, 6) is -2.27. The van der Waals surface area contributed by atoms with Crippen LogP contribution in [0.5, 0.6) is 0 Å². The van der Waals surface area contributed by atoms with E-state index in [9.17, 15) is 18.7 Å². The van der Waals surface area contributed by atoms with Gasteiger partial charge in [-0.05, 0) is 23.8 Å². The zero-order valence-corrected chi connectivity index (χ0v) is 10.5. The van der Waals surface area contributed by atoms with E-state index in [1.165, 1.54) is 0 Å². The summed E-state index contributed by atoms with van der Waals surface area (Å²) in [7, 11) is 0. The molecule has 5 heteroatoms. The number of amides is 1. The van der Waals surface area contributed by atoms with Crippen LogP contribution in [0.25, 0.3) is 0 Å². The molecule has 0 spiro atoms. The van der Waals surface area contributed by atoms with Crippen LogP contribution in [0.3, 0.4) is 0 Å². The Morgan fingerprint density at radius 1 is 1.15 bits per heavy atom. The van der Waals surface area contributed by atoms with Gasteiger partial charge in [-0.15, -0.1) is 0 Å². The van der Waals surface area contributed by atoms with Crippen molar-refractivity contribution in [1.29, 1.82) is 0 Å². The van der Waals surface area contributed by atoms with E-state index in [4.69, 9.17) is 0 Å². The zero-order chi connectivity index (χ0) is 14.5. The maximum Gasteiger partial charge on any atom is 0.254 e. The van der Waals surface area contributed by atoms with E-state index in [0.29, 0.717) is 5.56 Å². The Morgan fingerprint density at radius 3 is 2.55 bits per heavy atom. The first-order chi connectivity index (χ1) is 9.58. The van der Waals surface area contributed by atoms with Gasteiger partial charge in [0.2, 0.25) is 0 Å². The maximum absolute atomic E-state index is 13.4. The van der Waals surface area contributed by atoms with Crippen molar-refractivity contribution < 1.29 is 18.7 Å². The molecule has 3 nitrogen and oxygen atoms in total. The highest BCUT2D eigenvalue weighted by molar-refractivity contribution is 5.94. The molecular weight excluding hydrogens is 264 g/mol. The molecule has 0 bridgehead atoms. The first kappa shape index (κ1) is 14.1. The monoisotopic (exact) mass is 277 g/mol. The molecule has 0 heterocycles. The molecule has 2 aromatic carbocycles. The summed E-state index contributed by atoms with van der Waals surface area (Å²) in [6.07, 6.45) is -0.906. The lowest BCUT2D eigenvalue weighted by Gasteiger charge is -2.12. The normalized spacial score (nSPS) is 11.9. The maximum atomic E-state index is 13.4. The van der Waals surface area contributed by atoms with Gasteiger partial charge < -0.3 is 10.4 Å². The second kappa shape index (κ2) is 6.25. The smallest absolute Gasteiger partial charge is 0.254 e. The van der Waals surface area contributed by atoms with Gasteiger partial charge in [-0.2, -0.15) is 0 Å². The minimum absolute atomic E-state index is 0.0845. The van der Waals surface area contributed by atoms with E-state index in [1.807, 2.05) is 0 Å². The Kier molecular flexibility index (Phi) is 4.42. The highest BCUT2D eigenvalue weighted by Crippen LogP contribution is 2.12. The van der Waals surface area contributed by atoms with Gasteiger partial charge in [-0.3, -0.25) is 4.79 Å². The fourth-order valence-electron chi connectivity index (χ4n) is 1.75. The number of aliphatic hydroxyl groups excluding tert-OH is 1. The van der Waals surface area contributed by atoms with Crippen molar-refractivity contribution in [2.75, 3.05) is 6.54 Å². The van der Waals surface area contributed by atoms with Crippen LogP contribution in [-0.2, 0) is 0 Å². The van der Waals surface area contributed by atoms with E-state index in [0.717, 1.165) is 18.2 Å². The molecule has 2 N–H and O–H groups in total. The molecule has 0 aliphatic heterocycles. The van der Waals surface area contributed by atoms with Crippen molar-refractivity contribution in [1.82, 2.24) is 5.32 Å². The Morgan fingerprint density at radius 2 is 1.85 bits per heavy atom. The summed E-state index contributed by atoms with van der Waals surface area (Å²) in [5, 5.41) is 12.2. The highest BCUT2D eigenvalue weighted by Gasteiger charge is 2.14. The van der Waals surface area contributed by atoms with Crippen LogP contribution in [0.15, 0.2) is 48.5 Å². The summed E-state index contributed by atoms with van der Waals surface area (Å²) >= 11 is 0. The lowest BCUT2D eigenvalue weighted by Crippen LogP contribution is -2.29. The minimum atomic E-state index is -0.906. The Balaban J connectivity index is 2.00. The molecule has 0 aliphatic rings. The number of rotatable bonds is 4. The standard InChI is InChI=1S/C15H13F2NO2/c16-11-6-7-13(17)12(8-11)15(20)18-9-14(19)10-4-2-1-3-5-10/h1-8,14,19H,9H2,(H,18,20). The number of carbonyl (C=O) groups is 1. The predicted octanol–water partition coefficient (Wildman–Crippen LogP) is 2.43. The van der Waals surface area contributed by atoms with Crippen molar-refractivity contribution in [2.24, 2.45) is 0 Å². The SMILES string of the molecule is O=C(NCC(O)c1ccccc1)c1cc(F)ccc1F. The molecule has 0 saturated carbocycles. The first-order valence-corrected chi connectivity index (χ1v) is 6.04. The number of nitrogens with one attached hydrogen (secondary N) is 1. The van der Waals surface area contributed by atoms with Crippen LogP contribution in [-0.4, -0.2) is 17.6 Å². The second-order valence-corrected chi connectivity index (χ2v) is 4.26. The van der Waals surface area contributed by atoms with Crippen molar-refractivity contribution in [3.8, 4) is 0 Å². The Hall–Kier alpha value is -2.27. The molecule has 0 aromatic heterocycles. The molecule has 2 aromatic rings. The number of hydrogen-bond acceptors (Lipinski definition) is 2. The summed E-state index contributed by atoms with van der Waals surface area (Å²) < 4.78 is 26.4. The third-order valence-corrected chi connectivity index (χ3v) is 2.81. The number of hydrogen-bond donors (Lipinski definition) is 2. The van der Waals surface area contributed by atoms with Crippen molar-refractivity contribution in [2.45, 2.75) is 6.10 Å². The Labute approximate surface area is 114 Å². The van der Waals surface area contributed by atoms with Gasteiger partial charge >= 0.3 is 0 Å². The predicted molar refractivity (Wildman–Crippen MR) is 70.1 cm³/mol.